The number of hydrogen-bond acceptors (Lipinski definition) is 3. The van der Waals surface area contributed by atoms with Crippen LogP contribution < -0.4 is 5.73 Å². The smallest absolute Gasteiger partial charge is 0.253 e. The van der Waals surface area contributed by atoms with Gasteiger partial charge in [-0.1, -0.05) is 6.07 Å². The fourth-order valence-corrected chi connectivity index (χ4v) is 1.07. The number of benzene rings is 1. The van der Waals surface area contributed by atoms with Crippen LogP contribution in [0.25, 0.3) is 0 Å². The fraction of sp³-hybridized carbons (Fsp3) is 0.111. The molecule has 0 aliphatic heterocycles. The van der Waals surface area contributed by atoms with Gasteiger partial charge in [-0.05, 0) is 11.6 Å². The van der Waals surface area contributed by atoms with E-state index in [1.807, 2.05) is 0 Å². The van der Waals surface area contributed by atoms with Crippen molar-refractivity contribution in [1.82, 2.24) is 0 Å². The van der Waals surface area contributed by atoms with E-state index in [1.54, 1.807) is 0 Å². The molecule has 0 amide bonds. The molecule has 0 heterocycles. The molecule has 4 nitrogen and oxygen atoms in total. The molecule has 0 aromatic heterocycles. The predicted molar refractivity (Wildman–Crippen MR) is 49.3 cm³/mol. The van der Waals surface area contributed by atoms with Crippen molar-refractivity contribution < 1.29 is 13.7 Å². The molecular weight excluding hydrogens is 206 g/mol. The standard InChI is InChI=1S/C9H8F2N2O2/c10-7-2-1-6(9(11)4-7)3-8(12)5-13(14)15/h1-2,4-5H,3,12H2. The summed E-state index contributed by atoms with van der Waals surface area (Å²) in [6.45, 7) is 0. The van der Waals surface area contributed by atoms with Crippen molar-refractivity contribution in [2.75, 3.05) is 0 Å². The number of nitrogens with zero attached hydrogens (tertiary/aromatic N) is 1. The molecule has 0 spiro atoms. The highest BCUT2D eigenvalue weighted by Gasteiger charge is 2.06. The first-order valence-electron chi connectivity index (χ1n) is 4.02. The summed E-state index contributed by atoms with van der Waals surface area (Å²) in [5, 5.41) is 10.0. The lowest BCUT2D eigenvalue weighted by Crippen LogP contribution is -2.05. The van der Waals surface area contributed by atoms with Crippen molar-refractivity contribution in [2.45, 2.75) is 6.42 Å². The number of halogens is 2. The predicted octanol–water partition coefficient (Wildman–Crippen LogP) is 1.58. The Hall–Kier alpha value is -1.98. The Morgan fingerprint density at radius 1 is 1.53 bits per heavy atom. The number of allylic oxidation sites excluding steroid dienone is 1. The molecule has 0 aliphatic rings. The van der Waals surface area contributed by atoms with E-state index in [1.165, 1.54) is 6.07 Å². The normalized spacial score (nSPS) is 11.5. The SMILES string of the molecule is NC(=C[N+](=O)[O-])Cc1ccc(F)cc1F. The zero-order valence-electron chi connectivity index (χ0n) is 7.61. The number of nitro groups is 1. The van der Waals surface area contributed by atoms with Gasteiger partial charge >= 0.3 is 0 Å². The van der Waals surface area contributed by atoms with E-state index in [4.69, 9.17) is 5.73 Å². The van der Waals surface area contributed by atoms with Crippen LogP contribution in [0.1, 0.15) is 5.56 Å². The van der Waals surface area contributed by atoms with Crippen molar-refractivity contribution in [3.05, 3.63) is 57.4 Å². The molecule has 1 aromatic carbocycles. The molecule has 0 fully saturated rings. The molecule has 0 radical (unpaired) electrons. The van der Waals surface area contributed by atoms with Crippen LogP contribution in [-0.2, 0) is 6.42 Å². The summed E-state index contributed by atoms with van der Waals surface area (Å²) in [6.07, 6.45) is 0.468. The first-order chi connectivity index (χ1) is 6.99. The monoisotopic (exact) mass is 214 g/mol. The molecule has 1 aromatic rings. The quantitative estimate of drug-likeness (QED) is 0.613. The Morgan fingerprint density at radius 3 is 2.73 bits per heavy atom. The van der Waals surface area contributed by atoms with Gasteiger partial charge in [0, 0.05) is 12.5 Å². The Balaban J connectivity index is 2.86. The summed E-state index contributed by atoms with van der Waals surface area (Å²) in [7, 11) is 0. The molecule has 0 atom stereocenters. The summed E-state index contributed by atoms with van der Waals surface area (Å²) in [6, 6.07) is 2.97. The maximum atomic E-state index is 13.1. The van der Waals surface area contributed by atoms with Gasteiger partial charge in [-0.15, -0.1) is 0 Å². The van der Waals surface area contributed by atoms with Crippen LogP contribution in [0.4, 0.5) is 8.78 Å². The second-order valence-electron chi connectivity index (χ2n) is 2.90. The average molecular weight is 214 g/mol. The summed E-state index contributed by atoms with van der Waals surface area (Å²) in [5.41, 5.74) is 5.30. The van der Waals surface area contributed by atoms with E-state index >= 15 is 0 Å². The van der Waals surface area contributed by atoms with Gasteiger partial charge < -0.3 is 5.73 Å². The van der Waals surface area contributed by atoms with Crippen LogP contribution in [0.15, 0.2) is 30.1 Å². The van der Waals surface area contributed by atoms with Gasteiger partial charge in [0.05, 0.1) is 10.6 Å². The van der Waals surface area contributed by atoms with Crippen LogP contribution in [0.5, 0.6) is 0 Å². The fourth-order valence-electron chi connectivity index (χ4n) is 1.07. The van der Waals surface area contributed by atoms with E-state index < -0.39 is 16.6 Å². The topological polar surface area (TPSA) is 69.2 Å². The van der Waals surface area contributed by atoms with Crippen LogP contribution in [0, 0.1) is 21.7 Å². The Morgan fingerprint density at radius 2 is 2.20 bits per heavy atom. The molecule has 0 unspecified atom stereocenters. The molecule has 15 heavy (non-hydrogen) atoms. The van der Waals surface area contributed by atoms with Crippen molar-refractivity contribution in [3.8, 4) is 0 Å². The number of hydrogen-bond donors (Lipinski definition) is 1. The van der Waals surface area contributed by atoms with Crippen LogP contribution in [-0.4, -0.2) is 4.92 Å². The van der Waals surface area contributed by atoms with E-state index in [-0.39, 0.29) is 17.7 Å². The van der Waals surface area contributed by atoms with Crippen molar-refractivity contribution in [2.24, 2.45) is 5.73 Å². The van der Waals surface area contributed by atoms with E-state index in [2.05, 4.69) is 0 Å². The Bertz CT molecular complexity index is 419. The van der Waals surface area contributed by atoms with Crippen LogP contribution in [0.2, 0.25) is 0 Å². The second-order valence-corrected chi connectivity index (χ2v) is 2.90. The lowest BCUT2D eigenvalue weighted by Gasteiger charge is -2.01. The minimum absolute atomic E-state index is 0.0921. The summed E-state index contributed by atoms with van der Waals surface area (Å²) in [4.78, 5) is 9.31. The van der Waals surface area contributed by atoms with Crippen molar-refractivity contribution >= 4 is 0 Å². The van der Waals surface area contributed by atoms with Crippen molar-refractivity contribution in [1.29, 1.82) is 0 Å². The van der Waals surface area contributed by atoms with Gasteiger partial charge in [0.2, 0.25) is 0 Å². The van der Waals surface area contributed by atoms with E-state index in [0.717, 1.165) is 6.07 Å². The van der Waals surface area contributed by atoms with E-state index in [0.29, 0.717) is 12.3 Å². The Labute approximate surface area is 84.2 Å². The van der Waals surface area contributed by atoms with Crippen LogP contribution in [0.3, 0.4) is 0 Å². The molecule has 0 aliphatic carbocycles. The lowest BCUT2D eigenvalue weighted by molar-refractivity contribution is -0.403. The van der Waals surface area contributed by atoms with Gasteiger partial charge in [-0.2, -0.15) is 0 Å². The number of rotatable bonds is 3. The van der Waals surface area contributed by atoms with Gasteiger partial charge in [0.1, 0.15) is 11.6 Å². The first-order valence-corrected chi connectivity index (χ1v) is 4.02. The molecule has 0 saturated heterocycles. The van der Waals surface area contributed by atoms with Crippen LogP contribution >= 0.6 is 0 Å². The van der Waals surface area contributed by atoms with Gasteiger partial charge in [0.15, 0.2) is 0 Å². The van der Waals surface area contributed by atoms with Gasteiger partial charge in [0.25, 0.3) is 6.20 Å². The zero-order chi connectivity index (χ0) is 11.4. The van der Waals surface area contributed by atoms with Crippen molar-refractivity contribution in [3.63, 3.8) is 0 Å². The second kappa shape index (κ2) is 4.50. The summed E-state index contributed by atoms with van der Waals surface area (Å²) in [5.74, 6) is -1.47. The summed E-state index contributed by atoms with van der Waals surface area (Å²) < 4.78 is 25.6. The zero-order valence-corrected chi connectivity index (χ0v) is 7.61. The minimum Gasteiger partial charge on any atom is -0.397 e. The highest BCUT2D eigenvalue weighted by molar-refractivity contribution is 5.22. The molecule has 0 saturated carbocycles. The van der Waals surface area contributed by atoms with Gasteiger partial charge in [-0.3, -0.25) is 10.1 Å². The number of nitrogens with two attached hydrogens (primary N) is 1. The molecule has 0 bridgehead atoms. The summed E-state index contributed by atoms with van der Waals surface area (Å²) >= 11 is 0. The van der Waals surface area contributed by atoms with E-state index in [9.17, 15) is 18.9 Å². The average Bonchev–Trinajstić information content (AvgIpc) is 2.08. The largest absolute Gasteiger partial charge is 0.397 e. The molecule has 2 N–H and O–H groups in total. The lowest BCUT2D eigenvalue weighted by atomic mass is 10.1. The minimum atomic E-state index is -0.769. The third kappa shape index (κ3) is 3.34. The first kappa shape index (κ1) is 11.1. The highest BCUT2D eigenvalue weighted by atomic mass is 19.1. The Kier molecular flexibility index (Phi) is 3.33. The molecule has 1 rings (SSSR count). The third-order valence-electron chi connectivity index (χ3n) is 1.68. The third-order valence-corrected chi connectivity index (χ3v) is 1.68. The maximum Gasteiger partial charge on any atom is 0.253 e. The highest BCUT2D eigenvalue weighted by Crippen LogP contribution is 2.12. The maximum absolute atomic E-state index is 13.1. The molecule has 80 valence electrons. The molecular formula is C9H8F2N2O2. The molecule has 6 heteroatoms. The van der Waals surface area contributed by atoms with Gasteiger partial charge in [-0.25, -0.2) is 8.78 Å².